The van der Waals surface area contributed by atoms with Crippen LogP contribution in [-0.4, -0.2) is 13.1 Å². The normalized spacial score (nSPS) is 50.0. The summed E-state index contributed by atoms with van der Waals surface area (Å²) in [6.07, 6.45) is 2.90. The molecule has 3 aliphatic rings. The minimum atomic E-state index is 0.646. The number of nitrogens with one attached hydrogen (secondary N) is 1. The molecule has 0 aromatic rings. The molecule has 1 heteroatoms. The first-order chi connectivity index (χ1) is 5.57. The zero-order valence-corrected chi connectivity index (χ0v) is 8.72. The number of hydrogen-bond donors (Lipinski definition) is 1. The highest BCUT2D eigenvalue weighted by Gasteiger charge is 2.55. The molecule has 3 rings (SSSR count). The summed E-state index contributed by atoms with van der Waals surface area (Å²) in [5.74, 6) is 2.86. The topological polar surface area (TPSA) is 12.0 Å². The molecular weight excluding hydrogens is 146 g/mol. The molecule has 1 nitrogen and oxygen atoms in total. The predicted molar refractivity (Wildman–Crippen MR) is 52.0 cm³/mol. The van der Waals surface area contributed by atoms with Gasteiger partial charge in [-0.15, -0.1) is 0 Å². The van der Waals surface area contributed by atoms with Crippen LogP contribution < -0.4 is 5.32 Å². The first-order valence-electron chi connectivity index (χ1n) is 5.24. The second-order valence-corrected chi connectivity index (χ2v) is 5.35. The average Bonchev–Trinajstić information content (AvgIpc) is 2.03. The average molecular weight is 167 g/mol. The summed E-state index contributed by atoms with van der Waals surface area (Å²) < 4.78 is 0. The zero-order valence-electron chi connectivity index (χ0n) is 8.72. The van der Waals surface area contributed by atoms with E-state index >= 15 is 0 Å². The van der Waals surface area contributed by atoms with Gasteiger partial charge in [-0.2, -0.15) is 0 Å². The molecule has 3 saturated carbocycles. The summed E-state index contributed by atoms with van der Waals surface area (Å²) in [6.45, 7) is 7.32. The van der Waals surface area contributed by atoms with E-state index in [9.17, 15) is 0 Å². The van der Waals surface area contributed by atoms with Crippen LogP contribution in [0, 0.1) is 23.2 Å². The fourth-order valence-electron chi connectivity index (χ4n) is 3.53. The first kappa shape index (κ1) is 8.55. The first-order valence-corrected chi connectivity index (χ1v) is 5.24. The Bertz CT molecular complexity index is 185. The Hall–Kier alpha value is -0.0400. The van der Waals surface area contributed by atoms with E-state index in [1.165, 1.54) is 12.8 Å². The standard InChI is InChI=1S/C11H21N/c1-7-9-5-8(11(9,2)3)6-10(7)12-4/h7-10,12H,5-6H2,1-4H3/t7?,8?,9-,10?/m1/s1. The molecule has 0 heterocycles. The lowest BCUT2D eigenvalue weighted by atomic mass is 9.45. The van der Waals surface area contributed by atoms with Gasteiger partial charge in [0.15, 0.2) is 0 Å². The van der Waals surface area contributed by atoms with Gasteiger partial charge in [0.05, 0.1) is 0 Å². The molecule has 0 amide bonds. The van der Waals surface area contributed by atoms with Gasteiger partial charge in [-0.1, -0.05) is 20.8 Å². The molecule has 4 atom stereocenters. The summed E-state index contributed by atoms with van der Waals surface area (Å²) in [4.78, 5) is 0. The Morgan fingerprint density at radius 2 is 1.92 bits per heavy atom. The Morgan fingerprint density at radius 1 is 1.25 bits per heavy atom. The van der Waals surface area contributed by atoms with E-state index in [1.54, 1.807) is 0 Å². The number of rotatable bonds is 1. The second-order valence-electron chi connectivity index (χ2n) is 5.35. The van der Waals surface area contributed by atoms with E-state index in [2.05, 4.69) is 33.1 Å². The lowest BCUT2D eigenvalue weighted by Crippen LogP contribution is -2.59. The van der Waals surface area contributed by atoms with Crippen molar-refractivity contribution >= 4 is 0 Å². The highest BCUT2D eigenvalue weighted by Crippen LogP contribution is 2.61. The molecule has 3 fully saturated rings. The third-order valence-electron chi connectivity index (χ3n) is 4.72. The molecule has 70 valence electrons. The minimum absolute atomic E-state index is 0.646. The molecule has 0 spiro atoms. The maximum atomic E-state index is 3.45. The lowest BCUT2D eigenvalue weighted by Gasteiger charge is -2.62. The summed E-state index contributed by atoms with van der Waals surface area (Å²) in [5, 5.41) is 3.45. The lowest BCUT2D eigenvalue weighted by molar-refractivity contribution is -0.113. The minimum Gasteiger partial charge on any atom is -0.317 e. The maximum absolute atomic E-state index is 3.45. The van der Waals surface area contributed by atoms with Gasteiger partial charge in [0.2, 0.25) is 0 Å². The largest absolute Gasteiger partial charge is 0.317 e. The SMILES string of the molecule is CNC1CC2C[C@H](C1C)C2(C)C. The van der Waals surface area contributed by atoms with E-state index in [1.807, 2.05) is 0 Å². The predicted octanol–water partition coefficient (Wildman–Crippen LogP) is 2.28. The van der Waals surface area contributed by atoms with Gasteiger partial charge in [0, 0.05) is 6.04 Å². The van der Waals surface area contributed by atoms with Crippen LogP contribution in [0.2, 0.25) is 0 Å². The maximum Gasteiger partial charge on any atom is 0.00953 e. The molecular formula is C11H21N. The Kier molecular flexibility index (Phi) is 1.76. The Morgan fingerprint density at radius 3 is 2.33 bits per heavy atom. The van der Waals surface area contributed by atoms with Crippen molar-refractivity contribution < 1.29 is 0 Å². The van der Waals surface area contributed by atoms with Crippen LogP contribution in [0.4, 0.5) is 0 Å². The van der Waals surface area contributed by atoms with Gasteiger partial charge in [-0.3, -0.25) is 0 Å². The molecule has 12 heavy (non-hydrogen) atoms. The van der Waals surface area contributed by atoms with Gasteiger partial charge in [-0.25, -0.2) is 0 Å². The number of fused-ring (bicyclic) bond motifs is 2. The van der Waals surface area contributed by atoms with Crippen molar-refractivity contribution in [3.05, 3.63) is 0 Å². The molecule has 0 aliphatic heterocycles. The van der Waals surface area contributed by atoms with Crippen molar-refractivity contribution in [3.63, 3.8) is 0 Å². The Balaban J connectivity index is 2.11. The van der Waals surface area contributed by atoms with E-state index in [0.29, 0.717) is 5.41 Å². The van der Waals surface area contributed by atoms with Crippen LogP contribution in [0.25, 0.3) is 0 Å². The molecule has 0 aromatic carbocycles. The molecule has 0 radical (unpaired) electrons. The van der Waals surface area contributed by atoms with Crippen molar-refractivity contribution in [2.75, 3.05) is 7.05 Å². The van der Waals surface area contributed by atoms with Crippen LogP contribution in [0.15, 0.2) is 0 Å². The van der Waals surface area contributed by atoms with Gasteiger partial charge in [0.1, 0.15) is 0 Å². The third kappa shape index (κ3) is 0.891. The van der Waals surface area contributed by atoms with Crippen LogP contribution in [0.1, 0.15) is 33.6 Å². The van der Waals surface area contributed by atoms with E-state index in [-0.39, 0.29) is 0 Å². The molecule has 0 saturated heterocycles. The highest BCUT2D eigenvalue weighted by atomic mass is 14.9. The summed E-state index contributed by atoms with van der Waals surface area (Å²) >= 11 is 0. The van der Waals surface area contributed by atoms with Crippen LogP contribution >= 0.6 is 0 Å². The molecule has 2 bridgehead atoms. The van der Waals surface area contributed by atoms with Gasteiger partial charge in [0.25, 0.3) is 0 Å². The van der Waals surface area contributed by atoms with E-state index < -0.39 is 0 Å². The van der Waals surface area contributed by atoms with Crippen molar-refractivity contribution in [3.8, 4) is 0 Å². The summed E-state index contributed by atoms with van der Waals surface area (Å²) in [6, 6.07) is 0.793. The fraction of sp³-hybridized carbons (Fsp3) is 1.00. The van der Waals surface area contributed by atoms with Crippen LogP contribution in [0.3, 0.4) is 0 Å². The second kappa shape index (κ2) is 2.47. The monoisotopic (exact) mass is 167 g/mol. The van der Waals surface area contributed by atoms with E-state index in [0.717, 1.165) is 23.8 Å². The van der Waals surface area contributed by atoms with Crippen molar-refractivity contribution in [2.24, 2.45) is 23.2 Å². The smallest absolute Gasteiger partial charge is 0.00953 e. The van der Waals surface area contributed by atoms with Gasteiger partial charge >= 0.3 is 0 Å². The third-order valence-corrected chi connectivity index (χ3v) is 4.72. The quantitative estimate of drug-likeness (QED) is 0.632. The molecule has 1 N–H and O–H groups in total. The molecule has 3 aliphatic carbocycles. The highest BCUT2D eigenvalue weighted by molar-refractivity contribution is 5.06. The Labute approximate surface area is 75.9 Å². The van der Waals surface area contributed by atoms with Gasteiger partial charge < -0.3 is 5.32 Å². The summed E-state index contributed by atoms with van der Waals surface area (Å²) in [5.41, 5.74) is 0.646. The van der Waals surface area contributed by atoms with Crippen LogP contribution in [0.5, 0.6) is 0 Å². The summed E-state index contributed by atoms with van der Waals surface area (Å²) in [7, 11) is 2.11. The fourth-order valence-corrected chi connectivity index (χ4v) is 3.53. The zero-order chi connectivity index (χ0) is 8.93. The molecule has 0 aromatic heterocycles. The molecule has 3 unspecified atom stereocenters. The van der Waals surface area contributed by atoms with Crippen molar-refractivity contribution in [2.45, 2.75) is 39.7 Å². The van der Waals surface area contributed by atoms with E-state index in [4.69, 9.17) is 0 Å². The van der Waals surface area contributed by atoms with Crippen molar-refractivity contribution in [1.29, 1.82) is 0 Å². The van der Waals surface area contributed by atoms with Crippen molar-refractivity contribution in [1.82, 2.24) is 5.32 Å². The number of hydrogen-bond acceptors (Lipinski definition) is 1. The van der Waals surface area contributed by atoms with Gasteiger partial charge in [-0.05, 0) is 43.1 Å². The van der Waals surface area contributed by atoms with Crippen LogP contribution in [-0.2, 0) is 0 Å².